The van der Waals surface area contributed by atoms with E-state index in [1.165, 1.54) is 11.3 Å². The van der Waals surface area contributed by atoms with Gasteiger partial charge in [-0.15, -0.1) is 11.3 Å². The first-order chi connectivity index (χ1) is 7.42. The lowest BCUT2D eigenvalue weighted by atomic mass is 10.2. The molecule has 1 heterocycles. The molecule has 0 saturated heterocycles. The fourth-order valence-corrected chi connectivity index (χ4v) is 4.25. The number of hydrogen-bond acceptors (Lipinski definition) is 4. The molecule has 0 fully saturated rings. The van der Waals surface area contributed by atoms with E-state index in [4.69, 9.17) is 5.11 Å². The van der Waals surface area contributed by atoms with Crippen molar-refractivity contribution in [2.24, 2.45) is 0 Å². The van der Waals surface area contributed by atoms with Crippen molar-refractivity contribution >= 4 is 37.3 Å². The average Bonchev–Trinajstić information content (AvgIpc) is 2.60. The molecule has 0 aromatic carbocycles. The van der Waals surface area contributed by atoms with E-state index < -0.39 is 10.0 Å². The number of sulfonamides is 1. The third kappa shape index (κ3) is 4.50. The minimum Gasteiger partial charge on any atom is -0.393 e. The van der Waals surface area contributed by atoms with Crippen LogP contribution in [0.2, 0.25) is 0 Å². The van der Waals surface area contributed by atoms with Crippen LogP contribution in [0.25, 0.3) is 0 Å². The molecular weight excluding hydrogens is 314 g/mol. The molecular formula is C9H14BrNO3S2. The Labute approximate surface area is 108 Å². The molecule has 2 N–H and O–H groups in total. The summed E-state index contributed by atoms with van der Waals surface area (Å²) in [5, 5.41) is 9.02. The summed E-state index contributed by atoms with van der Waals surface area (Å²) < 4.78 is 27.0. The van der Waals surface area contributed by atoms with E-state index in [1.54, 1.807) is 19.1 Å². The lowest BCUT2D eigenvalue weighted by Gasteiger charge is -2.05. The predicted molar refractivity (Wildman–Crippen MR) is 68.1 cm³/mol. The number of halogens is 1. The quantitative estimate of drug-likeness (QED) is 0.785. The van der Waals surface area contributed by atoms with Crippen LogP contribution in [0.4, 0.5) is 0 Å². The lowest BCUT2D eigenvalue weighted by molar-refractivity contribution is 0.182. The SMILES string of the molecule is CC(O)CCCNS(=O)(=O)c1ccc(Br)s1. The number of aliphatic hydroxyl groups is 1. The second kappa shape index (κ2) is 6.11. The van der Waals surface area contributed by atoms with Crippen molar-refractivity contribution in [2.75, 3.05) is 6.54 Å². The molecule has 1 rings (SSSR count). The monoisotopic (exact) mass is 327 g/mol. The molecule has 0 aliphatic carbocycles. The van der Waals surface area contributed by atoms with E-state index in [-0.39, 0.29) is 6.10 Å². The summed E-state index contributed by atoms with van der Waals surface area (Å²) in [5.74, 6) is 0. The second-order valence-electron chi connectivity index (χ2n) is 3.45. The van der Waals surface area contributed by atoms with E-state index in [2.05, 4.69) is 20.7 Å². The number of hydrogen-bond donors (Lipinski definition) is 2. The van der Waals surface area contributed by atoms with Crippen molar-refractivity contribution in [3.63, 3.8) is 0 Å². The van der Waals surface area contributed by atoms with Crippen LogP contribution in [-0.4, -0.2) is 26.2 Å². The summed E-state index contributed by atoms with van der Waals surface area (Å²) in [6.07, 6.45) is 0.834. The molecule has 0 radical (unpaired) electrons. The second-order valence-corrected chi connectivity index (χ2v) is 7.90. The fourth-order valence-electron chi connectivity index (χ4n) is 1.12. The molecule has 7 heteroatoms. The number of rotatable bonds is 6. The van der Waals surface area contributed by atoms with Crippen molar-refractivity contribution in [1.82, 2.24) is 4.72 Å². The Morgan fingerprint density at radius 3 is 2.75 bits per heavy atom. The molecule has 92 valence electrons. The number of thiophene rings is 1. The van der Waals surface area contributed by atoms with Crippen LogP contribution < -0.4 is 4.72 Å². The van der Waals surface area contributed by atoms with Crippen molar-refractivity contribution in [1.29, 1.82) is 0 Å². The largest absolute Gasteiger partial charge is 0.393 e. The zero-order chi connectivity index (χ0) is 12.2. The van der Waals surface area contributed by atoms with Gasteiger partial charge < -0.3 is 5.11 Å². The Hall–Kier alpha value is 0.0500. The molecule has 16 heavy (non-hydrogen) atoms. The van der Waals surface area contributed by atoms with E-state index in [1.807, 2.05) is 0 Å². The van der Waals surface area contributed by atoms with Gasteiger partial charge in [-0.3, -0.25) is 0 Å². The minimum absolute atomic E-state index is 0.302. The third-order valence-electron chi connectivity index (χ3n) is 1.90. The van der Waals surface area contributed by atoms with Gasteiger partial charge in [-0.25, -0.2) is 13.1 Å². The Balaban J connectivity index is 2.47. The summed E-state index contributed by atoms with van der Waals surface area (Å²) in [6, 6.07) is 3.26. The van der Waals surface area contributed by atoms with Gasteiger partial charge in [0.25, 0.3) is 0 Å². The minimum atomic E-state index is -3.38. The number of aliphatic hydroxyl groups excluding tert-OH is 1. The first-order valence-corrected chi connectivity index (χ1v) is 7.94. The van der Waals surface area contributed by atoms with Crippen molar-refractivity contribution in [2.45, 2.75) is 30.1 Å². The van der Waals surface area contributed by atoms with Gasteiger partial charge in [0.15, 0.2) is 0 Å². The third-order valence-corrected chi connectivity index (χ3v) is 5.48. The highest BCUT2D eigenvalue weighted by molar-refractivity contribution is 9.11. The normalized spacial score (nSPS) is 13.9. The predicted octanol–water partition coefficient (Wildman–Crippen LogP) is 1.95. The summed E-state index contributed by atoms with van der Waals surface area (Å²) >= 11 is 4.39. The molecule has 4 nitrogen and oxygen atoms in total. The maximum atomic E-state index is 11.7. The van der Waals surface area contributed by atoms with Crippen molar-refractivity contribution in [3.05, 3.63) is 15.9 Å². The first-order valence-electron chi connectivity index (χ1n) is 4.85. The van der Waals surface area contributed by atoms with Gasteiger partial charge in [0.2, 0.25) is 10.0 Å². The fraction of sp³-hybridized carbons (Fsp3) is 0.556. The summed E-state index contributed by atoms with van der Waals surface area (Å²) in [6.45, 7) is 2.04. The van der Waals surface area contributed by atoms with E-state index in [0.717, 1.165) is 3.79 Å². The van der Waals surface area contributed by atoms with E-state index in [0.29, 0.717) is 23.6 Å². The van der Waals surface area contributed by atoms with Crippen LogP contribution in [-0.2, 0) is 10.0 Å². The topological polar surface area (TPSA) is 66.4 Å². The maximum absolute atomic E-state index is 11.7. The molecule has 1 aromatic rings. The molecule has 0 amide bonds. The van der Waals surface area contributed by atoms with E-state index >= 15 is 0 Å². The van der Waals surface area contributed by atoms with Crippen LogP contribution in [0, 0.1) is 0 Å². The van der Waals surface area contributed by atoms with Gasteiger partial charge in [0, 0.05) is 6.54 Å². The van der Waals surface area contributed by atoms with Crippen LogP contribution in [0.5, 0.6) is 0 Å². The van der Waals surface area contributed by atoms with Crippen LogP contribution in [0.3, 0.4) is 0 Å². The van der Waals surface area contributed by atoms with Gasteiger partial charge in [-0.05, 0) is 47.8 Å². The first kappa shape index (κ1) is 14.1. The van der Waals surface area contributed by atoms with Crippen LogP contribution in [0.15, 0.2) is 20.1 Å². The molecule has 1 unspecified atom stereocenters. The lowest BCUT2D eigenvalue weighted by Crippen LogP contribution is -2.24. The van der Waals surface area contributed by atoms with Crippen molar-refractivity contribution in [3.8, 4) is 0 Å². The van der Waals surface area contributed by atoms with Gasteiger partial charge >= 0.3 is 0 Å². The van der Waals surface area contributed by atoms with Crippen molar-refractivity contribution < 1.29 is 13.5 Å². The zero-order valence-electron chi connectivity index (χ0n) is 8.81. The Kier molecular flexibility index (Phi) is 5.39. The zero-order valence-corrected chi connectivity index (χ0v) is 12.0. The van der Waals surface area contributed by atoms with Gasteiger partial charge in [0.1, 0.15) is 4.21 Å². The Morgan fingerprint density at radius 2 is 2.25 bits per heavy atom. The standard InChI is InChI=1S/C9H14BrNO3S2/c1-7(12)3-2-6-11-16(13,14)9-5-4-8(10)15-9/h4-5,7,11-12H,2-3,6H2,1H3. The van der Waals surface area contributed by atoms with Crippen LogP contribution >= 0.6 is 27.3 Å². The molecule has 0 aliphatic heterocycles. The number of nitrogens with one attached hydrogen (secondary N) is 1. The van der Waals surface area contributed by atoms with Crippen LogP contribution in [0.1, 0.15) is 19.8 Å². The highest BCUT2D eigenvalue weighted by Crippen LogP contribution is 2.25. The maximum Gasteiger partial charge on any atom is 0.250 e. The highest BCUT2D eigenvalue weighted by atomic mass is 79.9. The Bertz CT molecular complexity index is 428. The van der Waals surface area contributed by atoms with Gasteiger partial charge in [-0.1, -0.05) is 0 Å². The summed E-state index contributed by atoms with van der Waals surface area (Å²) in [5.41, 5.74) is 0. The molecule has 0 saturated carbocycles. The van der Waals surface area contributed by atoms with Gasteiger partial charge in [0.05, 0.1) is 9.89 Å². The average molecular weight is 328 g/mol. The summed E-state index contributed by atoms with van der Waals surface area (Å²) in [4.78, 5) is 0. The molecule has 0 aliphatic rings. The smallest absolute Gasteiger partial charge is 0.250 e. The molecule has 1 aromatic heterocycles. The molecule has 1 atom stereocenters. The molecule has 0 spiro atoms. The summed E-state index contributed by atoms with van der Waals surface area (Å²) in [7, 11) is -3.38. The Morgan fingerprint density at radius 1 is 1.56 bits per heavy atom. The van der Waals surface area contributed by atoms with Gasteiger partial charge in [-0.2, -0.15) is 0 Å². The molecule has 0 bridgehead atoms. The van der Waals surface area contributed by atoms with E-state index in [9.17, 15) is 8.42 Å². The highest BCUT2D eigenvalue weighted by Gasteiger charge is 2.15.